The Bertz CT molecular complexity index is 545. The number of nitrogens with zero attached hydrogens (tertiary/aromatic N) is 2. The highest BCUT2D eigenvalue weighted by Crippen LogP contribution is 2.31. The van der Waals surface area contributed by atoms with Gasteiger partial charge in [0.25, 0.3) is 0 Å². The van der Waals surface area contributed by atoms with Crippen molar-refractivity contribution in [3.8, 4) is 11.3 Å². The highest BCUT2D eigenvalue weighted by Gasteiger charge is 2.19. The number of halogens is 1. The number of aryl methyl sites for hydroxylation is 1. The number of hydrogen-bond acceptors (Lipinski definition) is 1. The summed E-state index contributed by atoms with van der Waals surface area (Å²) < 4.78 is 2.29. The molecule has 2 aromatic rings. The van der Waals surface area contributed by atoms with Crippen LogP contribution in [0.1, 0.15) is 31.6 Å². The number of rotatable bonds is 1. The Hall–Kier alpha value is -1.28. The van der Waals surface area contributed by atoms with Gasteiger partial charge in [-0.1, -0.05) is 29.8 Å². The normalized spacial score (nSPS) is 19.1. The molecule has 1 aromatic heterocycles. The fourth-order valence-electron chi connectivity index (χ4n) is 2.49. The van der Waals surface area contributed by atoms with Crippen molar-refractivity contribution in [2.24, 2.45) is 0 Å². The van der Waals surface area contributed by atoms with E-state index in [-0.39, 0.29) is 0 Å². The molecular formula is C14H15ClN2. The maximum absolute atomic E-state index is 6.21. The Labute approximate surface area is 106 Å². The topological polar surface area (TPSA) is 17.8 Å². The van der Waals surface area contributed by atoms with Gasteiger partial charge in [-0.2, -0.15) is 0 Å². The fourth-order valence-corrected chi connectivity index (χ4v) is 2.72. The minimum Gasteiger partial charge on any atom is -0.331 e. The van der Waals surface area contributed by atoms with Gasteiger partial charge < -0.3 is 4.57 Å². The van der Waals surface area contributed by atoms with E-state index < -0.39 is 0 Å². The van der Waals surface area contributed by atoms with Gasteiger partial charge in [0.1, 0.15) is 5.82 Å². The summed E-state index contributed by atoms with van der Waals surface area (Å²) in [7, 11) is 0. The molecule has 17 heavy (non-hydrogen) atoms. The predicted octanol–water partition coefficient (Wildman–Crippen LogP) is 4.10. The molecule has 0 saturated heterocycles. The average Bonchev–Trinajstić information content (AvgIpc) is 2.75. The minimum absolute atomic E-state index is 0.558. The lowest BCUT2D eigenvalue weighted by Crippen LogP contribution is -2.14. The molecule has 0 aliphatic carbocycles. The lowest BCUT2D eigenvalue weighted by molar-refractivity contribution is 0.426. The second-order valence-electron chi connectivity index (χ2n) is 4.67. The fraction of sp³-hybridized carbons (Fsp3) is 0.357. The van der Waals surface area contributed by atoms with Crippen LogP contribution in [0.5, 0.6) is 0 Å². The number of imidazole rings is 1. The first-order chi connectivity index (χ1) is 8.25. The Morgan fingerprint density at radius 2 is 2.18 bits per heavy atom. The first-order valence-electron chi connectivity index (χ1n) is 6.08. The van der Waals surface area contributed by atoms with Crippen molar-refractivity contribution in [3.05, 3.63) is 41.3 Å². The lowest BCUT2D eigenvalue weighted by atomic mass is 10.1. The summed E-state index contributed by atoms with van der Waals surface area (Å²) in [6, 6.07) is 8.45. The molecular weight excluding hydrogens is 232 g/mol. The second kappa shape index (κ2) is 4.19. The molecule has 2 nitrogen and oxygen atoms in total. The van der Waals surface area contributed by atoms with Crippen molar-refractivity contribution >= 4 is 11.6 Å². The van der Waals surface area contributed by atoms with Crippen molar-refractivity contribution in [2.75, 3.05) is 0 Å². The summed E-state index contributed by atoms with van der Waals surface area (Å²) >= 11 is 6.21. The van der Waals surface area contributed by atoms with Crippen LogP contribution >= 0.6 is 11.6 Å². The van der Waals surface area contributed by atoms with Crippen molar-refractivity contribution in [1.82, 2.24) is 9.55 Å². The van der Waals surface area contributed by atoms with Gasteiger partial charge in [0.2, 0.25) is 0 Å². The van der Waals surface area contributed by atoms with Gasteiger partial charge in [-0.3, -0.25) is 0 Å². The molecule has 3 heteroatoms. The van der Waals surface area contributed by atoms with E-state index in [9.17, 15) is 0 Å². The van der Waals surface area contributed by atoms with Gasteiger partial charge in [-0.15, -0.1) is 0 Å². The third-order valence-corrected chi connectivity index (χ3v) is 3.79. The molecule has 0 saturated carbocycles. The third kappa shape index (κ3) is 1.87. The van der Waals surface area contributed by atoms with Gasteiger partial charge in [0, 0.05) is 24.2 Å². The monoisotopic (exact) mass is 246 g/mol. The van der Waals surface area contributed by atoms with E-state index in [0.29, 0.717) is 6.04 Å². The minimum atomic E-state index is 0.558. The van der Waals surface area contributed by atoms with E-state index in [1.54, 1.807) is 0 Å². The van der Waals surface area contributed by atoms with Gasteiger partial charge >= 0.3 is 0 Å². The number of fused-ring (bicyclic) bond motifs is 1. The Kier molecular flexibility index (Phi) is 2.67. The summed E-state index contributed by atoms with van der Waals surface area (Å²) in [5, 5.41) is 0.774. The molecule has 0 radical (unpaired) electrons. The largest absolute Gasteiger partial charge is 0.331 e. The molecule has 1 aromatic carbocycles. The zero-order valence-corrected chi connectivity index (χ0v) is 10.6. The third-order valence-electron chi connectivity index (χ3n) is 3.46. The Morgan fingerprint density at radius 1 is 1.35 bits per heavy atom. The van der Waals surface area contributed by atoms with Crippen LogP contribution in [-0.2, 0) is 6.42 Å². The van der Waals surface area contributed by atoms with Gasteiger partial charge in [-0.25, -0.2) is 4.98 Å². The highest BCUT2D eigenvalue weighted by molar-refractivity contribution is 6.33. The molecule has 0 unspecified atom stereocenters. The molecule has 0 fully saturated rings. The second-order valence-corrected chi connectivity index (χ2v) is 5.08. The van der Waals surface area contributed by atoms with Crippen molar-refractivity contribution in [1.29, 1.82) is 0 Å². The van der Waals surface area contributed by atoms with Crippen LogP contribution in [0.3, 0.4) is 0 Å². The lowest BCUT2D eigenvalue weighted by Gasteiger charge is -2.20. The highest BCUT2D eigenvalue weighted by atomic mass is 35.5. The van der Waals surface area contributed by atoms with Crippen LogP contribution in [0.4, 0.5) is 0 Å². The van der Waals surface area contributed by atoms with E-state index >= 15 is 0 Å². The maximum atomic E-state index is 6.21. The maximum Gasteiger partial charge on any atom is 0.109 e. The summed E-state index contributed by atoms with van der Waals surface area (Å²) in [4.78, 5) is 4.71. The van der Waals surface area contributed by atoms with E-state index in [0.717, 1.165) is 22.7 Å². The van der Waals surface area contributed by atoms with E-state index in [1.807, 2.05) is 24.3 Å². The molecule has 1 atom stereocenters. The van der Waals surface area contributed by atoms with Crippen molar-refractivity contribution in [3.63, 3.8) is 0 Å². The van der Waals surface area contributed by atoms with E-state index in [1.165, 1.54) is 18.7 Å². The molecule has 1 aliphatic heterocycles. The summed E-state index contributed by atoms with van der Waals surface area (Å²) in [6.45, 7) is 2.25. The Balaban J connectivity index is 2.08. The molecule has 0 amide bonds. The van der Waals surface area contributed by atoms with Crippen LogP contribution in [0, 0.1) is 0 Å². The molecule has 3 rings (SSSR count). The zero-order valence-electron chi connectivity index (χ0n) is 9.86. The molecule has 0 spiro atoms. The van der Waals surface area contributed by atoms with E-state index in [2.05, 4.69) is 17.7 Å². The molecule has 88 valence electrons. The zero-order chi connectivity index (χ0) is 11.8. The predicted molar refractivity (Wildman–Crippen MR) is 70.3 cm³/mol. The van der Waals surface area contributed by atoms with Crippen LogP contribution in [0.25, 0.3) is 11.3 Å². The van der Waals surface area contributed by atoms with Crippen molar-refractivity contribution < 1.29 is 0 Å². The molecule has 0 N–H and O–H groups in total. The summed E-state index contributed by atoms with van der Waals surface area (Å²) in [5.74, 6) is 1.19. The van der Waals surface area contributed by atoms with Gasteiger partial charge in [-0.05, 0) is 25.8 Å². The summed E-state index contributed by atoms with van der Waals surface area (Å²) in [5.41, 5.74) is 2.03. The SMILES string of the molecule is C[C@@H]1CCCc2nc(-c3ccccc3Cl)cn21. The van der Waals surface area contributed by atoms with Crippen LogP contribution in [-0.4, -0.2) is 9.55 Å². The average molecular weight is 247 g/mol. The smallest absolute Gasteiger partial charge is 0.109 e. The quantitative estimate of drug-likeness (QED) is 0.741. The van der Waals surface area contributed by atoms with Crippen LogP contribution < -0.4 is 0 Å². The standard InChI is InChI=1S/C14H15ClN2/c1-10-5-4-8-14-16-13(9-17(10)14)11-6-2-3-7-12(11)15/h2-3,6-7,9-10H,4-5,8H2,1H3/t10-/m1/s1. The summed E-state index contributed by atoms with van der Waals surface area (Å²) in [6.07, 6.45) is 5.70. The number of aromatic nitrogens is 2. The number of hydrogen-bond donors (Lipinski definition) is 0. The first-order valence-corrected chi connectivity index (χ1v) is 6.46. The molecule has 2 heterocycles. The van der Waals surface area contributed by atoms with Gasteiger partial charge in [0.15, 0.2) is 0 Å². The Morgan fingerprint density at radius 3 is 2.94 bits per heavy atom. The first kappa shape index (κ1) is 10.8. The van der Waals surface area contributed by atoms with Crippen LogP contribution in [0.15, 0.2) is 30.5 Å². The molecule has 1 aliphatic rings. The van der Waals surface area contributed by atoms with Gasteiger partial charge in [0.05, 0.1) is 10.7 Å². The van der Waals surface area contributed by atoms with E-state index in [4.69, 9.17) is 16.6 Å². The van der Waals surface area contributed by atoms with Crippen LogP contribution in [0.2, 0.25) is 5.02 Å². The van der Waals surface area contributed by atoms with Crippen molar-refractivity contribution in [2.45, 2.75) is 32.2 Å². The number of benzene rings is 1. The molecule has 0 bridgehead atoms.